The van der Waals surface area contributed by atoms with Crippen molar-refractivity contribution in [3.05, 3.63) is 235 Å². The molecule has 0 heterocycles. The van der Waals surface area contributed by atoms with Crippen LogP contribution in [0.4, 0.5) is 0 Å². The van der Waals surface area contributed by atoms with Crippen LogP contribution in [0.25, 0.3) is 66.8 Å². The normalized spacial score (nSPS) is 11.4. The molecule has 0 aliphatic heterocycles. The molecule has 0 spiro atoms. The van der Waals surface area contributed by atoms with E-state index in [1.54, 1.807) is 0 Å². The van der Waals surface area contributed by atoms with Crippen LogP contribution in [-0.4, -0.2) is 0 Å². The van der Waals surface area contributed by atoms with Crippen molar-refractivity contribution in [3.63, 3.8) is 0 Å². The summed E-state index contributed by atoms with van der Waals surface area (Å²) in [5.74, 6) is 2.75. The standard InChI is InChI=1S/C63H57O3P/c1-43(2)52-37-40-55(61(49-31-19-10-20-32-49)58(52)46-25-13-7-14-26-46)64-67(65-56-41-38-53(44(3)4)59(47-27-15-8-16-28-47)62(56)50-33-21-11-22-34-50)66-57-42-39-54(45(5)6)60(48-29-17-9-18-30-48)63(57)51-35-23-12-24-36-51/h7-45H,1-6H3. The Balaban J connectivity index is 1.31. The topological polar surface area (TPSA) is 27.7 Å². The molecule has 0 radical (unpaired) electrons. The summed E-state index contributed by atoms with van der Waals surface area (Å²) in [7, 11) is -2.23. The highest BCUT2D eigenvalue weighted by molar-refractivity contribution is 7.43. The average molecular weight is 893 g/mol. The van der Waals surface area contributed by atoms with Crippen LogP contribution in [0.2, 0.25) is 0 Å². The Labute approximate surface area is 398 Å². The van der Waals surface area contributed by atoms with Crippen molar-refractivity contribution >= 4 is 8.60 Å². The first-order valence-corrected chi connectivity index (χ1v) is 24.5. The van der Waals surface area contributed by atoms with Gasteiger partial charge in [0.25, 0.3) is 0 Å². The minimum Gasteiger partial charge on any atom is -0.408 e. The van der Waals surface area contributed by atoms with E-state index in [0.717, 1.165) is 66.8 Å². The van der Waals surface area contributed by atoms with Crippen LogP contribution in [-0.2, 0) is 0 Å². The first-order chi connectivity index (χ1) is 32.8. The van der Waals surface area contributed by atoms with Gasteiger partial charge in [-0.3, -0.25) is 0 Å². The Morgan fingerprint density at radius 2 is 0.433 bits per heavy atom. The van der Waals surface area contributed by atoms with E-state index in [2.05, 4.69) is 260 Å². The molecule has 332 valence electrons. The zero-order chi connectivity index (χ0) is 46.3. The largest absolute Gasteiger partial charge is 0.530 e. The monoisotopic (exact) mass is 892 g/mol. The molecule has 0 saturated heterocycles. The van der Waals surface area contributed by atoms with Gasteiger partial charge < -0.3 is 13.6 Å². The van der Waals surface area contributed by atoms with E-state index in [1.165, 1.54) is 16.7 Å². The molecule has 3 nitrogen and oxygen atoms in total. The highest BCUT2D eigenvalue weighted by Gasteiger charge is 2.31. The van der Waals surface area contributed by atoms with Crippen LogP contribution in [0.5, 0.6) is 17.2 Å². The number of benzene rings is 9. The van der Waals surface area contributed by atoms with Gasteiger partial charge in [-0.25, -0.2) is 0 Å². The van der Waals surface area contributed by atoms with Crippen LogP contribution in [0.1, 0.15) is 76.0 Å². The van der Waals surface area contributed by atoms with E-state index < -0.39 is 8.60 Å². The van der Waals surface area contributed by atoms with Crippen molar-refractivity contribution in [2.45, 2.75) is 59.3 Å². The maximum Gasteiger partial charge on any atom is 0.530 e. The molecule has 67 heavy (non-hydrogen) atoms. The minimum absolute atomic E-state index is 0.245. The van der Waals surface area contributed by atoms with Gasteiger partial charge in [-0.05, 0) is 103 Å². The first-order valence-electron chi connectivity index (χ1n) is 23.4. The molecule has 0 aromatic heterocycles. The zero-order valence-electron chi connectivity index (χ0n) is 39.2. The molecule has 4 heteroatoms. The molecule has 0 amide bonds. The fraction of sp³-hybridized carbons (Fsp3) is 0.143. The van der Waals surface area contributed by atoms with E-state index in [0.29, 0.717) is 17.2 Å². The molecule has 0 fully saturated rings. The molecular formula is C63H57O3P. The second-order valence-corrected chi connectivity index (χ2v) is 18.9. The summed E-state index contributed by atoms with van der Waals surface area (Å²) in [5.41, 5.74) is 16.5. The maximum atomic E-state index is 7.45. The Morgan fingerprint density at radius 3 is 0.627 bits per heavy atom. The molecule has 9 aromatic rings. The van der Waals surface area contributed by atoms with Crippen LogP contribution in [0.3, 0.4) is 0 Å². The van der Waals surface area contributed by atoms with E-state index in [9.17, 15) is 0 Å². The first kappa shape index (κ1) is 45.0. The van der Waals surface area contributed by atoms with Gasteiger partial charge in [0.05, 0.1) is 0 Å². The van der Waals surface area contributed by atoms with Gasteiger partial charge in [0.15, 0.2) is 0 Å². The summed E-state index contributed by atoms with van der Waals surface area (Å²) in [6, 6.07) is 76.6. The second kappa shape index (κ2) is 20.5. The highest BCUT2D eigenvalue weighted by atomic mass is 31.2. The van der Waals surface area contributed by atoms with Crippen molar-refractivity contribution in [1.82, 2.24) is 0 Å². The van der Waals surface area contributed by atoms with Crippen LogP contribution < -0.4 is 13.6 Å². The molecule has 0 N–H and O–H groups in total. The lowest BCUT2D eigenvalue weighted by atomic mass is 9.86. The molecule has 0 aliphatic carbocycles. The summed E-state index contributed by atoms with van der Waals surface area (Å²) < 4.78 is 22.4. The third-order valence-electron chi connectivity index (χ3n) is 12.4. The Kier molecular flexibility index (Phi) is 13.8. The molecule has 0 aliphatic rings. The predicted octanol–water partition coefficient (Wildman–Crippen LogP) is 18.8. The molecule has 9 aromatic carbocycles. The lowest BCUT2D eigenvalue weighted by Crippen LogP contribution is -2.08. The van der Waals surface area contributed by atoms with E-state index in [4.69, 9.17) is 13.6 Å². The van der Waals surface area contributed by atoms with Gasteiger partial charge in [-0.1, -0.05) is 242 Å². The van der Waals surface area contributed by atoms with Crippen molar-refractivity contribution < 1.29 is 13.6 Å². The molecule has 9 rings (SSSR count). The Hall–Kier alpha value is -7.19. The number of rotatable bonds is 15. The van der Waals surface area contributed by atoms with E-state index >= 15 is 0 Å². The fourth-order valence-corrected chi connectivity index (χ4v) is 10.2. The third-order valence-corrected chi connectivity index (χ3v) is 13.4. The Bertz CT molecular complexity index is 2710. The average Bonchev–Trinajstić information content (AvgIpc) is 3.37. The summed E-state index contributed by atoms with van der Waals surface area (Å²) >= 11 is 0. The molecule has 0 unspecified atom stereocenters. The summed E-state index contributed by atoms with van der Waals surface area (Å²) in [6.45, 7) is 13.5. The quantitative estimate of drug-likeness (QED) is 0.0960. The van der Waals surface area contributed by atoms with Crippen LogP contribution in [0.15, 0.2) is 218 Å². The molecular weight excluding hydrogens is 836 g/mol. The smallest absolute Gasteiger partial charge is 0.408 e. The second-order valence-electron chi connectivity index (χ2n) is 17.9. The minimum atomic E-state index is -2.23. The van der Waals surface area contributed by atoms with Crippen molar-refractivity contribution in [2.75, 3.05) is 0 Å². The Morgan fingerprint density at radius 1 is 0.239 bits per heavy atom. The lowest BCUT2D eigenvalue weighted by Gasteiger charge is -2.27. The van der Waals surface area contributed by atoms with E-state index in [-0.39, 0.29) is 17.8 Å². The maximum absolute atomic E-state index is 7.45. The van der Waals surface area contributed by atoms with Gasteiger partial charge in [0.2, 0.25) is 0 Å². The molecule has 0 saturated carbocycles. The summed E-state index contributed by atoms with van der Waals surface area (Å²) in [5, 5.41) is 0. The number of hydrogen-bond acceptors (Lipinski definition) is 3. The van der Waals surface area contributed by atoms with Gasteiger partial charge in [-0.15, -0.1) is 0 Å². The zero-order valence-corrected chi connectivity index (χ0v) is 40.1. The SMILES string of the molecule is CC(C)c1ccc(OP(Oc2ccc(C(C)C)c(-c3ccccc3)c2-c2ccccc2)Oc2ccc(C(C)C)c(-c3ccccc3)c2-c2ccccc2)c(-c2ccccc2)c1-c1ccccc1. The van der Waals surface area contributed by atoms with Crippen LogP contribution in [0, 0.1) is 0 Å². The van der Waals surface area contributed by atoms with Crippen molar-refractivity contribution in [3.8, 4) is 84.0 Å². The van der Waals surface area contributed by atoms with Gasteiger partial charge in [0.1, 0.15) is 17.2 Å². The molecule has 0 atom stereocenters. The highest BCUT2D eigenvalue weighted by Crippen LogP contribution is 2.55. The lowest BCUT2D eigenvalue weighted by molar-refractivity contribution is 0.390. The number of hydrogen-bond donors (Lipinski definition) is 0. The summed E-state index contributed by atoms with van der Waals surface area (Å²) in [4.78, 5) is 0. The van der Waals surface area contributed by atoms with Crippen LogP contribution >= 0.6 is 8.60 Å². The third kappa shape index (κ3) is 9.71. The fourth-order valence-electron chi connectivity index (χ4n) is 9.19. The van der Waals surface area contributed by atoms with Gasteiger partial charge >= 0.3 is 8.60 Å². The summed E-state index contributed by atoms with van der Waals surface area (Å²) in [6.07, 6.45) is 0. The van der Waals surface area contributed by atoms with Crippen molar-refractivity contribution in [2.24, 2.45) is 0 Å². The van der Waals surface area contributed by atoms with Crippen molar-refractivity contribution in [1.29, 1.82) is 0 Å². The predicted molar refractivity (Wildman–Crippen MR) is 283 cm³/mol. The van der Waals surface area contributed by atoms with E-state index in [1.807, 2.05) is 0 Å². The van der Waals surface area contributed by atoms with Gasteiger partial charge in [-0.2, -0.15) is 0 Å². The molecule has 0 bridgehead atoms. The van der Waals surface area contributed by atoms with Gasteiger partial charge in [0, 0.05) is 16.7 Å².